The first-order chi connectivity index (χ1) is 11.4. The standard InChI is InChI=1S/C17H24ClN3O3/c1-10(22)9-24-16-7-14(19)13(18)6-12(16)17(23)20-15-8-21-4-2-11(15)3-5-21/h6-7,10-11,15,22H,2-5,8-9,19H2,1H3,(H,20,23). The molecule has 132 valence electrons. The van der Waals surface area contributed by atoms with Gasteiger partial charge in [0, 0.05) is 18.7 Å². The number of nitrogens with one attached hydrogen (secondary N) is 1. The molecule has 4 N–H and O–H groups in total. The highest BCUT2D eigenvalue weighted by atomic mass is 35.5. The smallest absolute Gasteiger partial charge is 0.255 e. The summed E-state index contributed by atoms with van der Waals surface area (Å²) in [5, 5.41) is 12.8. The van der Waals surface area contributed by atoms with Gasteiger partial charge in [0.15, 0.2) is 0 Å². The van der Waals surface area contributed by atoms with Gasteiger partial charge in [-0.05, 0) is 44.8 Å². The average molecular weight is 354 g/mol. The van der Waals surface area contributed by atoms with Crippen LogP contribution in [0.25, 0.3) is 0 Å². The Morgan fingerprint density at radius 3 is 2.79 bits per heavy atom. The number of nitrogens with zero attached hydrogens (tertiary/aromatic N) is 1. The third-order valence-corrected chi connectivity index (χ3v) is 5.12. The molecule has 2 atom stereocenters. The molecule has 6 nitrogen and oxygen atoms in total. The van der Waals surface area contributed by atoms with Crippen molar-refractivity contribution in [2.24, 2.45) is 5.92 Å². The minimum atomic E-state index is -0.639. The van der Waals surface area contributed by atoms with Crippen molar-refractivity contribution in [2.75, 3.05) is 32.0 Å². The Labute approximate surface area is 146 Å². The van der Waals surface area contributed by atoms with E-state index in [1.165, 1.54) is 12.1 Å². The highest BCUT2D eigenvalue weighted by molar-refractivity contribution is 6.33. The molecule has 3 fully saturated rings. The molecule has 2 bridgehead atoms. The second-order valence-corrected chi connectivity index (χ2v) is 7.16. The zero-order valence-electron chi connectivity index (χ0n) is 13.8. The number of carbonyl (C=O) groups is 1. The van der Waals surface area contributed by atoms with Crippen LogP contribution in [0.5, 0.6) is 5.75 Å². The zero-order chi connectivity index (χ0) is 17.3. The normalized spacial score (nSPS) is 26.9. The van der Waals surface area contributed by atoms with Crippen LogP contribution in [0.4, 0.5) is 5.69 Å². The Morgan fingerprint density at radius 2 is 2.21 bits per heavy atom. The number of carbonyl (C=O) groups excluding carboxylic acids is 1. The molecule has 3 aliphatic rings. The maximum atomic E-state index is 12.7. The van der Waals surface area contributed by atoms with E-state index in [2.05, 4.69) is 10.2 Å². The van der Waals surface area contributed by atoms with E-state index in [4.69, 9.17) is 22.1 Å². The van der Waals surface area contributed by atoms with Crippen molar-refractivity contribution in [3.05, 3.63) is 22.7 Å². The molecule has 0 aliphatic carbocycles. The van der Waals surface area contributed by atoms with Gasteiger partial charge in [0.1, 0.15) is 12.4 Å². The number of anilines is 1. The summed E-state index contributed by atoms with van der Waals surface area (Å²) in [6, 6.07) is 3.22. The van der Waals surface area contributed by atoms with Crippen molar-refractivity contribution in [3.63, 3.8) is 0 Å². The first-order valence-electron chi connectivity index (χ1n) is 8.37. The highest BCUT2D eigenvalue weighted by Gasteiger charge is 2.35. The molecule has 2 unspecified atom stereocenters. The molecule has 1 aromatic carbocycles. The summed E-state index contributed by atoms with van der Waals surface area (Å²) in [5.41, 5.74) is 6.51. The van der Waals surface area contributed by atoms with E-state index in [0.29, 0.717) is 27.9 Å². The van der Waals surface area contributed by atoms with Crippen LogP contribution in [-0.2, 0) is 0 Å². The minimum absolute atomic E-state index is 0.0845. The van der Waals surface area contributed by atoms with Crippen molar-refractivity contribution >= 4 is 23.2 Å². The third-order valence-electron chi connectivity index (χ3n) is 4.80. The number of rotatable bonds is 5. The summed E-state index contributed by atoms with van der Waals surface area (Å²) in [4.78, 5) is 15.1. The van der Waals surface area contributed by atoms with Gasteiger partial charge in [-0.25, -0.2) is 0 Å². The Balaban J connectivity index is 1.76. The molecule has 3 aliphatic heterocycles. The van der Waals surface area contributed by atoms with Gasteiger partial charge in [0.25, 0.3) is 5.91 Å². The van der Waals surface area contributed by atoms with Gasteiger partial charge in [-0.3, -0.25) is 4.79 Å². The van der Waals surface area contributed by atoms with Gasteiger partial charge in [-0.1, -0.05) is 11.6 Å². The quantitative estimate of drug-likeness (QED) is 0.698. The number of fused-ring (bicyclic) bond motifs is 3. The lowest BCUT2D eigenvalue weighted by molar-refractivity contribution is 0.0616. The maximum Gasteiger partial charge on any atom is 0.255 e. The first kappa shape index (κ1) is 17.3. The van der Waals surface area contributed by atoms with Crippen LogP contribution < -0.4 is 15.8 Å². The molecule has 7 heteroatoms. The van der Waals surface area contributed by atoms with Crippen LogP contribution >= 0.6 is 11.6 Å². The summed E-state index contributed by atoms with van der Waals surface area (Å²) in [5.74, 6) is 0.665. The van der Waals surface area contributed by atoms with Gasteiger partial charge in [0.05, 0.1) is 22.4 Å². The average Bonchev–Trinajstić information content (AvgIpc) is 2.56. The lowest BCUT2D eigenvalue weighted by Crippen LogP contribution is -2.57. The summed E-state index contributed by atoms with van der Waals surface area (Å²) >= 11 is 6.08. The molecule has 24 heavy (non-hydrogen) atoms. The summed E-state index contributed by atoms with van der Waals surface area (Å²) in [7, 11) is 0. The van der Waals surface area contributed by atoms with Crippen LogP contribution in [0.3, 0.4) is 0 Å². The molecule has 1 amide bonds. The molecule has 0 aromatic heterocycles. The molecule has 0 spiro atoms. The molecule has 0 radical (unpaired) electrons. The predicted molar refractivity (Wildman–Crippen MR) is 93.5 cm³/mol. The van der Waals surface area contributed by atoms with Crippen LogP contribution in [0.2, 0.25) is 5.02 Å². The summed E-state index contributed by atoms with van der Waals surface area (Å²) in [6.07, 6.45) is 1.61. The Hall–Kier alpha value is -1.50. The van der Waals surface area contributed by atoms with Crippen LogP contribution in [0.1, 0.15) is 30.1 Å². The number of nitrogens with two attached hydrogens (primary N) is 1. The second kappa shape index (κ2) is 7.17. The van der Waals surface area contributed by atoms with E-state index in [9.17, 15) is 9.90 Å². The van der Waals surface area contributed by atoms with Crippen molar-refractivity contribution in [2.45, 2.75) is 31.9 Å². The van der Waals surface area contributed by atoms with Gasteiger partial charge < -0.3 is 25.8 Å². The molecule has 3 heterocycles. The number of benzene rings is 1. The van der Waals surface area contributed by atoms with Crippen molar-refractivity contribution in [3.8, 4) is 5.75 Å². The van der Waals surface area contributed by atoms with Crippen molar-refractivity contribution < 1.29 is 14.6 Å². The molecule has 3 saturated heterocycles. The van der Waals surface area contributed by atoms with E-state index < -0.39 is 6.10 Å². The maximum absolute atomic E-state index is 12.7. The fourth-order valence-electron chi connectivity index (χ4n) is 3.45. The topological polar surface area (TPSA) is 87.8 Å². The number of hydrogen-bond donors (Lipinski definition) is 3. The van der Waals surface area contributed by atoms with Gasteiger partial charge >= 0.3 is 0 Å². The van der Waals surface area contributed by atoms with Gasteiger partial charge in [-0.2, -0.15) is 0 Å². The number of nitrogen functional groups attached to an aromatic ring is 1. The lowest BCUT2D eigenvalue weighted by Gasteiger charge is -2.44. The molecular weight excluding hydrogens is 330 g/mol. The number of amides is 1. The van der Waals surface area contributed by atoms with E-state index in [1.54, 1.807) is 6.92 Å². The number of aliphatic hydroxyl groups is 1. The Kier molecular flexibility index (Phi) is 5.18. The van der Waals surface area contributed by atoms with Gasteiger partial charge in [-0.15, -0.1) is 0 Å². The third kappa shape index (κ3) is 3.77. The van der Waals surface area contributed by atoms with Crippen LogP contribution in [0.15, 0.2) is 12.1 Å². The van der Waals surface area contributed by atoms with Gasteiger partial charge in [0.2, 0.25) is 0 Å². The Bertz CT molecular complexity index is 615. The van der Waals surface area contributed by atoms with E-state index >= 15 is 0 Å². The second-order valence-electron chi connectivity index (χ2n) is 6.75. The lowest BCUT2D eigenvalue weighted by atomic mass is 9.84. The van der Waals surface area contributed by atoms with Crippen molar-refractivity contribution in [1.82, 2.24) is 10.2 Å². The fraction of sp³-hybridized carbons (Fsp3) is 0.588. The minimum Gasteiger partial charge on any atom is -0.490 e. The monoisotopic (exact) mass is 353 g/mol. The molecule has 4 rings (SSSR count). The largest absolute Gasteiger partial charge is 0.490 e. The first-order valence-corrected chi connectivity index (χ1v) is 8.75. The van der Waals surface area contributed by atoms with E-state index in [1.807, 2.05) is 0 Å². The molecule has 0 saturated carbocycles. The van der Waals surface area contributed by atoms with E-state index in [0.717, 1.165) is 32.5 Å². The molecule has 1 aromatic rings. The number of halogens is 1. The van der Waals surface area contributed by atoms with E-state index in [-0.39, 0.29) is 18.6 Å². The number of ether oxygens (including phenoxy) is 1. The number of piperidine rings is 3. The summed E-state index contributed by atoms with van der Waals surface area (Å²) in [6.45, 7) is 4.83. The number of hydrogen-bond acceptors (Lipinski definition) is 5. The summed E-state index contributed by atoms with van der Waals surface area (Å²) < 4.78 is 5.55. The fourth-order valence-corrected chi connectivity index (χ4v) is 3.61. The highest BCUT2D eigenvalue weighted by Crippen LogP contribution is 2.31. The zero-order valence-corrected chi connectivity index (χ0v) is 14.6. The van der Waals surface area contributed by atoms with Crippen molar-refractivity contribution in [1.29, 1.82) is 0 Å². The van der Waals surface area contributed by atoms with Crippen LogP contribution in [-0.4, -0.2) is 54.3 Å². The Morgan fingerprint density at radius 1 is 1.50 bits per heavy atom. The SMILES string of the molecule is CC(O)COc1cc(N)c(Cl)cc1C(=O)NC1CN2CCC1CC2. The molecular formula is C17H24ClN3O3. The van der Waals surface area contributed by atoms with Crippen LogP contribution in [0, 0.1) is 5.92 Å². The number of aliphatic hydroxyl groups excluding tert-OH is 1. The predicted octanol–water partition coefficient (Wildman–Crippen LogP) is 1.51.